The van der Waals surface area contributed by atoms with Gasteiger partial charge < -0.3 is 10.6 Å². The summed E-state index contributed by atoms with van der Waals surface area (Å²) in [5.74, 6) is 0.570. The van der Waals surface area contributed by atoms with E-state index in [1.165, 1.54) is 11.3 Å². The third-order valence-corrected chi connectivity index (χ3v) is 5.17. The van der Waals surface area contributed by atoms with Gasteiger partial charge >= 0.3 is 0 Å². The minimum absolute atomic E-state index is 0.0329. The fraction of sp³-hybridized carbons (Fsp3) is 0.688. The summed E-state index contributed by atoms with van der Waals surface area (Å²) in [6, 6.07) is 0.109. The van der Waals surface area contributed by atoms with Gasteiger partial charge in [0.15, 0.2) is 5.13 Å². The number of carbonyl (C=O) groups is 2. The molecule has 0 spiro atoms. The first-order chi connectivity index (χ1) is 10.9. The van der Waals surface area contributed by atoms with Crippen LogP contribution in [-0.4, -0.2) is 47.9 Å². The van der Waals surface area contributed by atoms with Crippen molar-refractivity contribution < 1.29 is 9.59 Å². The molecule has 0 radical (unpaired) electrons. The molecule has 1 unspecified atom stereocenters. The normalized spacial score (nSPS) is 16.2. The monoisotopic (exact) mass is 338 g/mol. The van der Waals surface area contributed by atoms with E-state index in [2.05, 4.69) is 18.8 Å². The van der Waals surface area contributed by atoms with Crippen LogP contribution in [0.3, 0.4) is 0 Å². The summed E-state index contributed by atoms with van der Waals surface area (Å²) in [5.41, 5.74) is 6.75. The van der Waals surface area contributed by atoms with Gasteiger partial charge in [-0.2, -0.15) is 0 Å². The molecule has 0 saturated carbocycles. The maximum Gasteiger partial charge on any atom is 0.228 e. The number of amides is 2. The Kier molecular flexibility index (Phi) is 6.12. The summed E-state index contributed by atoms with van der Waals surface area (Å²) in [4.78, 5) is 31.8. The van der Waals surface area contributed by atoms with Crippen molar-refractivity contribution in [3.05, 3.63) is 11.1 Å². The van der Waals surface area contributed by atoms with Crippen LogP contribution >= 0.6 is 11.3 Å². The fourth-order valence-electron chi connectivity index (χ4n) is 2.44. The number of thiazole rings is 1. The van der Waals surface area contributed by atoms with E-state index in [1.54, 1.807) is 16.8 Å². The first-order valence-corrected chi connectivity index (χ1v) is 9.00. The average Bonchev–Trinajstić information content (AvgIpc) is 3.12. The first-order valence-electron chi connectivity index (χ1n) is 8.12. The number of rotatable bonds is 7. The van der Waals surface area contributed by atoms with Crippen molar-refractivity contribution in [2.45, 2.75) is 45.6 Å². The van der Waals surface area contributed by atoms with Crippen molar-refractivity contribution in [1.82, 2.24) is 9.88 Å². The third kappa shape index (κ3) is 4.75. The van der Waals surface area contributed by atoms with E-state index in [9.17, 15) is 9.59 Å². The van der Waals surface area contributed by atoms with Gasteiger partial charge in [0.2, 0.25) is 11.8 Å². The standard InChI is InChI=1S/C16H26N4O2S/c1-11(2)13(17)6-8-19(3)15(22)9-12-10-23-16(18-12)20-7-4-5-14(20)21/h10-11,13H,4-9,17H2,1-3H3. The van der Waals surface area contributed by atoms with Crippen molar-refractivity contribution in [1.29, 1.82) is 0 Å². The molecule has 128 valence electrons. The second kappa shape index (κ2) is 7.88. The minimum atomic E-state index is 0.0329. The first kappa shape index (κ1) is 17.9. The summed E-state index contributed by atoms with van der Waals surface area (Å²) in [6.45, 7) is 5.55. The Labute approximate surface area is 141 Å². The van der Waals surface area contributed by atoms with E-state index in [0.717, 1.165) is 25.1 Å². The number of aromatic nitrogens is 1. The van der Waals surface area contributed by atoms with Crippen molar-refractivity contribution >= 4 is 28.3 Å². The molecule has 0 bridgehead atoms. The van der Waals surface area contributed by atoms with E-state index in [4.69, 9.17) is 5.73 Å². The van der Waals surface area contributed by atoms with Crippen molar-refractivity contribution in [2.24, 2.45) is 11.7 Å². The molecule has 1 saturated heterocycles. The molecule has 2 rings (SSSR count). The van der Waals surface area contributed by atoms with Gasteiger partial charge in [-0.3, -0.25) is 14.5 Å². The van der Waals surface area contributed by atoms with Crippen molar-refractivity contribution in [2.75, 3.05) is 25.0 Å². The molecule has 1 aromatic rings. The molecule has 2 heterocycles. The van der Waals surface area contributed by atoms with Crippen LogP contribution < -0.4 is 10.6 Å². The highest BCUT2D eigenvalue weighted by Crippen LogP contribution is 2.25. The van der Waals surface area contributed by atoms with Gasteiger partial charge in [-0.05, 0) is 18.8 Å². The Morgan fingerprint density at radius 1 is 1.52 bits per heavy atom. The van der Waals surface area contributed by atoms with Crippen LogP contribution in [0.2, 0.25) is 0 Å². The minimum Gasteiger partial charge on any atom is -0.345 e. The molecule has 6 nitrogen and oxygen atoms in total. The smallest absolute Gasteiger partial charge is 0.228 e. The molecular formula is C16H26N4O2S. The fourth-order valence-corrected chi connectivity index (χ4v) is 3.31. The molecule has 2 N–H and O–H groups in total. The SMILES string of the molecule is CC(C)C(N)CCN(C)C(=O)Cc1csc(N2CCCC2=O)n1. The molecule has 1 fully saturated rings. The number of anilines is 1. The molecule has 0 aliphatic carbocycles. The lowest BCUT2D eigenvalue weighted by Gasteiger charge is -2.21. The van der Waals surface area contributed by atoms with Crippen LogP contribution in [-0.2, 0) is 16.0 Å². The highest BCUT2D eigenvalue weighted by atomic mass is 32.1. The number of nitrogens with zero attached hydrogens (tertiary/aromatic N) is 3. The lowest BCUT2D eigenvalue weighted by molar-refractivity contribution is -0.129. The summed E-state index contributed by atoms with van der Waals surface area (Å²) in [5, 5.41) is 2.58. The Hall–Kier alpha value is -1.47. The Morgan fingerprint density at radius 3 is 2.87 bits per heavy atom. The molecule has 1 aliphatic heterocycles. The van der Waals surface area contributed by atoms with Gasteiger partial charge in [0.25, 0.3) is 0 Å². The lowest BCUT2D eigenvalue weighted by Crippen LogP contribution is -2.35. The lowest BCUT2D eigenvalue weighted by atomic mass is 10.0. The maximum atomic E-state index is 12.3. The van der Waals surface area contributed by atoms with Crippen molar-refractivity contribution in [3.63, 3.8) is 0 Å². The quantitative estimate of drug-likeness (QED) is 0.820. The predicted octanol–water partition coefficient (Wildman–Crippen LogP) is 1.64. The number of hydrogen-bond donors (Lipinski definition) is 1. The van der Waals surface area contributed by atoms with E-state index < -0.39 is 0 Å². The summed E-state index contributed by atoms with van der Waals surface area (Å²) >= 11 is 1.43. The second-order valence-corrected chi connectivity index (χ2v) is 7.30. The molecule has 0 aromatic carbocycles. The van der Waals surface area contributed by atoms with E-state index in [1.807, 2.05) is 5.38 Å². The summed E-state index contributed by atoms with van der Waals surface area (Å²) < 4.78 is 0. The zero-order valence-corrected chi connectivity index (χ0v) is 14.9. The molecular weight excluding hydrogens is 312 g/mol. The number of hydrogen-bond acceptors (Lipinski definition) is 5. The Balaban J connectivity index is 1.85. The van der Waals surface area contributed by atoms with E-state index >= 15 is 0 Å². The Morgan fingerprint density at radius 2 is 2.26 bits per heavy atom. The number of likely N-dealkylation sites (N-methyl/N-ethyl adjacent to an activating group) is 1. The molecule has 1 aromatic heterocycles. The van der Waals surface area contributed by atoms with Gasteiger partial charge in [-0.25, -0.2) is 4.98 Å². The van der Waals surface area contributed by atoms with Gasteiger partial charge in [0.1, 0.15) is 0 Å². The highest BCUT2D eigenvalue weighted by Gasteiger charge is 2.24. The Bertz CT molecular complexity index is 558. The molecule has 7 heteroatoms. The highest BCUT2D eigenvalue weighted by molar-refractivity contribution is 7.14. The summed E-state index contributed by atoms with van der Waals surface area (Å²) in [7, 11) is 1.80. The van der Waals surface area contributed by atoms with Gasteiger partial charge in [0.05, 0.1) is 12.1 Å². The van der Waals surface area contributed by atoms with Crippen molar-refractivity contribution in [3.8, 4) is 0 Å². The molecule has 23 heavy (non-hydrogen) atoms. The van der Waals surface area contributed by atoms with Crippen LogP contribution in [0, 0.1) is 5.92 Å². The van der Waals surface area contributed by atoms with Gasteiger partial charge in [-0.15, -0.1) is 11.3 Å². The van der Waals surface area contributed by atoms with Crippen LogP contribution in [0.15, 0.2) is 5.38 Å². The molecule has 1 atom stereocenters. The zero-order chi connectivity index (χ0) is 17.0. The van der Waals surface area contributed by atoms with E-state index in [0.29, 0.717) is 24.0 Å². The molecule has 1 aliphatic rings. The zero-order valence-electron chi connectivity index (χ0n) is 14.1. The number of carbonyl (C=O) groups excluding carboxylic acids is 2. The summed E-state index contributed by atoms with van der Waals surface area (Å²) in [6.07, 6.45) is 2.54. The average molecular weight is 338 g/mol. The number of nitrogens with two attached hydrogens (primary N) is 1. The van der Waals surface area contributed by atoms with Gasteiger partial charge in [0, 0.05) is 38.0 Å². The second-order valence-electron chi connectivity index (χ2n) is 6.46. The largest absolute Gasteiger partial charge is 0.345 e. The maximum absolute atomic E-state index is 12.3. The predicted molar refractivity (Wildman–Crippen MR) is 92.5 cm³/mol. The topological polar surface area (TPSA) is 79.5 Å². The van der Waals surface area contributed by atoms with Crippen LogP contribution in [0.25, 0.3) is 0 Å². The van der Waals surface area contributed by atoms with Crippen LogP contribution in [0.5, 0.6) is 0 Å². The van der Waals surface area contributed by atoms with Crippen LogP contribution in [0.4, 0.5) is 5.13 Å². The van der Waals surface area contributed by atoms with E-state index in [-0.39, 0.29) is 24.3 Å². The van der Waals surface area contributed by atoms with Crippen LogP contribution in [0.1, 0.15) is 38.8 Å². The third-order valence-electron chi connectivity index (χ3n) is 4.26. The van der Waals surface area contributed by atoms with Gasteiger partial charge in [-0.1, -0.05) is 13.8 Å². The molecule has 2 amide bonds.